The number of ether oxygens (including phenoxy) is 10. The predicted octanol–water partition coefficient (Wildman–Crippen LogP) is 3.39. The molecule has 0 spiro atoms. The smallest absolute Gasteiger partial charge is 0.412 e. The normalized spacial score (nSPS) is 13.4. The van der Waals surface area contributed by atoms with Crippen molar-refractivity contribution in [1.29, 1.82) is 0 Å². The molecule has 0 saturated carbocycles. The first-order chi connectivity index (χ1) is 22.8. The van der Waals surface area contributed by atoms with Gasteiger partial charge in [0, 0.05) is 19.7 Å². The quantitative estimate of drug-likeness (QED) is 0.123. The van der Waals surface area contributed by atoms with Gasteiger partial charge in [-0.15, -0.1) is 0 Å². The highest BCUT2D eigenvalue weighted by Gasteiger charge is 2.32. The van der Waals surface area contributed by atoms with E-state index in [1.807, 2.05) is 6.07 Å². The summed E-state index contributed by atoms with van der Waals surface area (Å²) in [5, 5.41) is 0. The van der Waals surface area contributed by atoms with Crippen molar-refractivity contribution in [2.24, 2.45) is 0 Å². The molecule has 14 heteroatoms. The first-order valence-electron chi connectivity index (χ1n) is 15.1. The third-order valence-corrected chi connectivity index (χ3v) is 7.47. The zero-order valence-corrected chi connectivity index (χ0v) is 27.9. The molecule has 14 nitrogen and oxygen atoms in total. The lowest BCUT2D eigenvalue weighted by molar-refractivity contribution is -0.153. The summed E-state index contributed by atoms with van der Waals surface area (Å²) in [5.41, 5.74) is 2.42. The Balaban J connectivity index is 1.63. The third kappa shape index (κ3) is 10.2. The maximum absolute atomic E-state index is 13.2. The van der Waals surface area contributed by atoms with Crippen molar-refractivity contribution in [3.63, 3.8) is 0 Å². The topological polar surface area (TPSA) is 147 Å². The van der Waals surface area contributed by atoms with E-state index < -0.39 is 24.9 Å². The van der Waals surface area contributed by atoms with Crippen molar-refractivity contribution in [1.82, 2.24) is 4.90 Å². The number of hydrogen-bond acceptors (Lipinski definition) is 13. The molecular formula is C33H45NO13. The van der Waals surface area contributed by atoms with Crippen molar-refractivity contribution in [3.05, 3.63) is 45.6 Å². The number of benzene rings is 1. The van der Waals surface area contributed by atoms with Crippen LogP contribution in [0.2, 0.25) is 0 Å². The predicted molar refractivity (Wildman–Crippen MR) is 170 cm³/mol. The fraction of sp³-hybridized carbons (Fsp3) is 0.545. The Bertz CT molecular complexity index is 1380. The number of fused-ring (bicyclic) bond motifs is 3. The summed E-state index contributed by atoms with van der Waals surface area (Å²) in [6.07, 6.45) is 0.159. The van der Waals surface area contributed by atoms with Gasteiger partial charge in [-0.05, 0) is 47.7 Å². The van der Waals surface area contributed by atoms with Crippen LogP contribution in [-0.4, -0.2) is 113 Å². The Morgan fingerprint density at radius 1 is 0.766 bits per heavy atom. The summed E-state index contributed by atoms with van der Waals surface area (Å²) in [6, 6.07) is 6.06. The number of esters is 1. The van der Waals surface area contributed by atoms with Crippen molar-refractivity contribution in [3.8, 4) is 34.1 Å². The first kappa shape index (κ1) is 37.3. The van der Waals surface area contributed by atoms with E-state index in [4.69, 9.17) is 47.4 Å². The van der Waals surface area contributed by atoms with Crippen molar-refractivity contribution in [2.45, 2.75) is 25.3 Å². The van der Waals surface area contributed by atoms with E-state index in [9.17, 15) is 14.4 Å². The van der Waals surface area contributed by atoms with Gasteiger partial charge in [-0.2, -0.15) is 0 Å². The fourth-order valence-corrected chi connectivity index (χ4v) is 5.14. The van der Waals surface area contributed by atoms with E-state index in [0.717, 1.165) is 5.56 Å². The summed E-state index contributed by atoms with van der Waals surface area (Å²) in [4.78, 5) is 39.8. The molecule has 0 radical (unpaired) electrons. The van der Waals surface area contributed by atoms with Crippen LogP contribution in [-0.2, 0) is 39.6 Å². The van der Waals surface area contributed by atoms with Gasteiger partial charge in [-0.3, -0.25) is 9.59 Å². The molecule has 0 fully saturated rings. The Kier molecular flexibility index (Phi) is 15.5. The van der Waals surface area contributed by atoms with Gasteiger partial charge in [0.05, 0.1) is 87.2 Å². The van der Waals surface area contributed by atoms with E-state index in [-0.39, 0.29) is 24.2 Å². The maximum Gasteiger partial charge on any atom is 0.412 e. The molecule has 47 heavy (non-hydrogen) atoms. The molecule has 1 atom stereocenters. The average Bonchev–Trinajstić information content (AvgIpc) is 3.33. The van der Waals surface area contributed by atoms with E-state index in [2.05, 4.69) is 0 Å². The van der Waals surface area contributed by atoms with Crippen LogP contribution in [0.25, 0.3) is 11.1 Å². The van der Waals surface area contributed by atoms with Gasteiger partial charge >= 0.3 is 12.1 Å². The second-order valence-corrected chi connectivity index (χ2v) is 10.2. The average molecular weight is 664 g/mol. The summed E-state index contributed by atoms with van der Waals surface area (Å²) in [6.45, 7) is 2.11. The number of rotatable bonds is 19. The number of carbonyl (C=O) groups is 2. The summed E-state index contributed by atoms with van der Waals surface area (Å²) >= 11 is 0. The van der Waals surface area contributed by atoms with Crippen LogP contribution in [0.15, 0.2) is 29.1 Å². The van der Waals surface area contributed by atoms with Gasteiger partial charge in [0.2, 0.25) is 18.0 Å². The molecule has 0 unspecified atom stereocenters. The molecule has 0 heterocycles. The second-order valence-electron chi connectivity index (χ2n) is 10.2. The number of carbonyl (C=O) groups excluding carboxylic acids is 2. The van der Waals surface area contributed by atoms with Crippen LogP contribution in [0.5, 0.6) is 23.0 Å². The molecule has 0 aliphatic heterocycles. The molecule has 1 aliphatic rings. The minimum Gasteiger partial charge on any atom is -0.493 e. The molecule has 1 aliphatic carbocycles. The van der Waals surface area contributed by atoms with Crippen LogP contribution < -0.4 is 24.4 Å². The van der Waals surface area contributed by atoms with Gasteiger partial charge in [0.15, 0.2) is 17.2 Å². The first-order valence-corrected chi connectivity index (χ1v) is 15.1. The van der Waals surface area contributed by atoms with Crippen molar-refractivity contribution in [2.75, 3.05) is 95.6 Å². The SMILES string of the molecule is COCCOCCOCCOCCC(=O)OCOC(=O)N(C)[C@H]1CCc2cc(OC)c(OC)c(OC)c2-c2ccc(OC)c(=O)cc21. The summed E-state index contributed by atoms with van der Waals surface area (Å²) < 4.78 is 53.6. The number of amides is 1. The number of aryl methyl sites for hydroxylation is 1. The molecule has 260 valence electrons. The molecule has 2 aromatic carbocycles. The molecule has 2 aromatic rings. The molecule has 0 saturated heterocycles. The molecular weight excluding hydrogens is 618 g/mol. The van der Waals surface area contributed by atoms with Crippen molar-refractivity contribution < 1.29 is 57.0 Å². The summed E-state index contributed by atoms with van der Waals surface area (Å²) in [7, 11) is 9.16. The lowest BCUT2D eigenvalue weighted by Gasteiger charge is -2.27. The van der Waals surface area contributed by atoms with Crippen LogP contribution in [0.3, 0.4) is 0 Å². The third-order valence-electron chi connectivity index (χ3n) is 7.47. The van der Waals surface area contributed by atoms with Gasteiger partial charge in [0.1, 0.15) is 0 Å². The molecule has 0 aromatic heterocycles. The number of hydrogen-bond donors (Lipinski definition) is 0. The molecule has 0 bridgehead atoms. The molecule has 1 amide bonds. The largest absolute Gasteiger partial charge is 0.493 e. The van der Waals surface area contributed by atoms with Crippen LogP contribution in [0.1, 0.15) is 30.0 Å². The van der Waals surface area contributed by atoms with E-state index in [1.54, 1.807) is 26.3 Å². The van der Waals surface area contributed by atoms with E-state index in [1.165, 1.54) is 39.4 Å². The standard InChI is InChI=1S/C33H45NO13/c1-34(33(37)47-21-46-29(36)11-12-43-15-16-45-18-17-44-14-13-38-2)25-9-7-22-19-28(40-4)31(41-5)32(42-6)30(22)23-8-10-27(39-3)26(35)20-24(23)25/h8,10,19-20,25H,7,9,11-18,21H2,1-6H3/t25-/m0/s1. The van der Waals surface area contributed by atoms with Gasteiger partial charge < -0.3 is 52.3 Å². The highest BCUT2D eigenvalue weighted by Crippen LogP contribution is 2.50. The van der Waals surface area contributed by atoms with Crippen molar-refractivity contribution >= 4 is 12.1 Å². The number of methoxy groups -OCH3 is 5. The highest BCUT2D eigenvalue weighted by atomic mass is 16.7. The van der Waals surface area contributed by atoms with Gasteiger partial charge in [-0.1, -0.05) is 6.07 Å². The van der Waals surface area contributed by atoms with Crippen LogP contribution in [0, 0.1) is 0 Å². The minimum absolute atomic E-state index is 0.0266. The van der Waals surface area contributed by atoms with Gasteiger partial charge in [-0.25, -0.2) is 4.79 Å². The fourth-order valence-electron chi connectivity index (χ4n) is 5.14. The number of nitrogens with zero attached hydrogens (tertiary/aromatic N) is 1. The second kappa shape index (κ2) is 19.5. The minimum atomic E-state index is -0.743. The summed E-state index contributed by atoms with van der Waals surface area (Å²) in [5.74, 6) is 0.853. The lowest BCUT2D eigenvalue weighted by Crippen LogP contribution is -2.33. The monoisotopic (exact) mass is 663 g/mol. The molecule has 0 N–H and O–H groups in total. The Morgan fingerprint density at radius 3 is 2.02 bits per heavy atom. The Labute approximate surface area is 274 Å². The molecule has 3 rings (SSSR count). The zero-order chi connectivity index (χ0) is 34.2. The highest BCUT2D eigenvalue weighted by molar-refractivity contribution is 5.83. The van der Waals surface area contributed by atoms with Crippen LogP contribution >= 0.6 is 0 Å². The Morgan fingerprint density at radius 2 is 1.40 bits per heavy atom. The lowest BCUT2D eigenvalue weighted by atomic mass is 9.95. The Hall–Kier alpha value is -4.11. The zero-order valence-electron chi connectivity index (χ0n) is 27.9. The van der Waals surface area contributed by atoms with E-state index in [0.29, 0.717) is 86.4 Å². The van der Waals surface area contributed by atoms with Gasteiger partial charge in [0.25, 0.3) is 0 Å². The van der Waals surface area contributed by atoms with Crippen LogP contribution in [0.4, 0.5) is 4.79 Å². The van der Waals surface area contributed by atoms with E-state index >= 15 is 0 Å². The maximum atomic E-state index is 13.2.